The molecule has 4 rings (SSSR count). The van der Waals surface area contributed by atoms with Crippen LogP contribution in [-0.4, -0.2) is 40.6 Å². The van der Waals surface area contributed by atoms with Gasteiger partial charge in [-0.05, 0) is 35.9 Å². The number of piperazine rings is 1. The van der Waals surface area contributed by atoms with Crippen molar-refractivity contribution in [2.75, 3.05) is 31.1 Å². The molecule has 26 heavy (non-hydrogen) atoms. The number of aromatic nitrogens is 2. The number of anilines is 1. The summed E-state index contributed by atoms with van der Waals surface area (Å²) < 4.78 is 2.10. The topological polar surface area (TPSA) is 24.3 Å². The largest absolute Gasteiger partial charge is 0.339 e. The molecule has 2 aromatic carbocycles. The van der Waals surface area contributed by atoms with Crippen molar-refractivity contribution in [1.29, 1.82) is 0 Å². The van der Waals surface area contributed by atoms with Crippen LogP contribution in [0.4, 0.5) is 5.95 Å². The van der Waals surface area contributed by atoms with E-state index in [9.17, 15) is 0 Å². The summed E-state index contributed by atoms with van der Waals surface area (Å²) in [5, 5.41) is 1.52. The van der Waals surface area contributed by atoms with Crippen molar-refractivity contribution in [3.05, 3.63) is 76.5 Å². The molecule has 0 atom stereocenters. The molecule has 1 aliphatic rings. The Morgan fingerprint density at radius 3 is 2.38 bits per heavy atom. The van der Waals surface area contributed by atoms with Crippen LogP contribution < -0.4 is 4.90 Å². The second-order valence-corrected chi connectivity index (χ2v) is 7.34. The van der Waals surface area contributed by atoms with Crippen molar-refractivity contribution < 1.29 is 0 Å². The first-order valence-corrected chi connectivity index (χ1v) is 9.46. The van der Waals surface area contributed by atoms with Gasteiger partial charge in [-0.25, -0.2) is 4.98 Å². The summed E-state index contributed by atoms with van der Waals surface area (Å²) in [6.45, 7) is 4.86. The number of rotatable bonds is 4. The number of hydrogen-bond donors (Lipinski definition) is 0. The number of nitrogens with zero attached hydrogens (tertiary/aromatic N) is 4. The van der Waals surface area contributed by atoms with Gasteiger partial charge in [0.25, 0.3) is 0 Å². The first-order valence-electron chi connectivity index (χ1n) is 8.70. The summed E-state index contributed by atoms with van der Waals surface area (Å²) in [6.07, 6.45) is 3.83. The minimum Gasteiger partial charge on any atom is -0.339 e. The molecular formula is C20H20Cl2N4. The molecule has 6 heteroatoms. The summed E-state index contributed by atoms with van der Waals surface area (Å²) in [6, 6.07) is 16.0. The monoisotopic (exact) mass is 386 g/mol. The minimum absolute atomic E-state index is 0.731. The molecule has 3 aromatic rings. The number of imidazole rings is 1. The fraction of sp³-hybridized carbons (Fsp3) is 0.250. The van der Waals surface area contributed by atoms with Crippen LogP contribution in [0.25, 0.3) is 5.69 Å². The lowest BCUT2D eigenvalue weighted by molar-refractivity contribution is 0.248. The second kappa shape index (κ2) is 7.70. The summed E-state index contributed by atoms with van der Waals surface area (Å²) >= 11 is 12.1. The van der Waals surface area contributed by atoms with E-state index in [-0.39, 0.29) is 0 Å². The van der Waals surface area contributed by atoms with Gasteiger partial charge in [-0.3, -0.25) is 9.47 Å². The standard InChI is InChI=1S/C20H20Cl2N4/c21-17-6-4-16(5-7-17)15-24-10-12-25(13-11-24)20-23-8-9-26(20)19-3-1-2-18(22)14-19/h1-9,14H,10-13,15H2. The molecule has 134 valence electrons. The molecule has 2 heterocycles. The summed E-state index contributed by atoms with van der Waals surface area (Å²) in [4.78, 5) is 9.37. The summed E-state index contributed by atoms with van der Waals surface area (Å²) in [7, 11) is 0. The maximum atomic E-state index is 6.14. The van der Waals surface area contributed by atoms with Gasteiger partial charge < -0.3 is 4.90 Å². The highest BCUT2D eigenvalue weighted by molar-refractivity contribution is 6.30. The van der Waals surface area contributed by atoms with E-state index >= 15 is 0 Å². The van der Waals surface area contributed by atoms with Crippen LogP contribution in [0.2, 0.25) is 10.0 Å². The second-order valence-electron chi connectivity index (χ2n) is 6.47. The van der Waals surface area contributed by atoms with Crippen molar-refractivity contribution in [2.45, 2.75) is 6.54 Å². The van der Waals surface area contributed by atoms with Crippen LogP contribution in [0.5, 0.6) is 0 Å². The third-order valence-corrected chi connectivity index (χ3v) is 5.17. The SMILES string of the molecule is Clc1ccc(CN2CCN(c3nccn3-c3cccc(Cl)c3)CC2)cc1. The zero-order valence-corrected chi connectivity index (χ0v) is 15.9. The molecule has 1 fully saturated rings. The highest BCUT2D eigenvalue weighted by Crippen LogP contribution is 2.22. The van der Waals surface area contributed by atoms with Crippen molar-refractivity contribution in [2.24, 2.45) is 0 Å². The molecule has 4 nitrogen and oxygen atoms in total. The molecule has 1 aromatic heterocycles. The molecule has 0 amide bonds. The van der Waals surface area contributed by atoms with Gasteiger partial charge in [-0.2, -0.15) is 0 Å². The lowest BCUT2D eigenvalue weighted by Gasteiger charge is -2.35. The summed E-state index contributed by atoms with van der Waals surface area (Å²) in [5.41, 5.74) is 2.33. The van der Waals surface area contributed by atoms with Gasteiger partial charge in [0.1, 0.15) is 0 Å². The third-order valence-electron chi connectivity index (χ3n) is 4.68. The van der Waals surface area contributed by atoms with Gasteiger partial charge in [0.2, 0.25) is 5.95 Å². The number of halogens is 2. The van der Waals surface area contributed by atoms with Gasteiger partial charge in [0.15, 0.2) is 0 Å². The van der Waals surface area contributed by atoms with E-state index in [4.69, 9.17) is 23.2 Å². The first kappa shape index (κ1) is 17.4. The zero-order chi connectivity index (χ0) is 17.9. The fourth-order valence-corrected chi connectivity index (χ4v) is 3.62. The van der Waals surface area contributed by atoms with Crippen LogP contribution in [-0.2, 0) is 6.54 Å². The van der Waals surface area contributed by atoms with Gasteiger partial charge in [0, 0.05) is 60.9 Å². The predicted octanol–water partition coefficient (Wildman–Crippen LogP) is 4.50. The zero-order valence-electron chi connectivity index (χ0n) is 14.4. The van der Waals surface area contributed by atoms with E-state index < -0.39 is 0 Å². The maximum Gasteiger partial charge on any atom is 0.210 e. The number of hydrogen-bond acceptors (Lipinski definition) is 3. The Hall–Kier alpha value is -2.01. The molecule has 1 aliphatic heterocycles. The molecule has 0 radical (unpaired) electrons. The molecule has 0 N–H and O–H groups in total. The van der Waals surface area contributed by atoms with Crippen LogP contribution in [0.15, 0.2) is 60.9 Å². The summed E-state index contributed by atoms with van der Waals surface area (Å²) in [5.74, 6) is 0.971. The Labute approximate surface area is 163 Å². The van der Waals surface area contributed by atoms with Gasteiger partial charge in [0.05, 0.1) is 0 Å². The van der Waals surface area contributed by atoms with E-state index in [0.717, 1.165) is 54.4 Å². The Bertz CT molecular complexity index is 868. The predicted molar refractivity (Wildman–Crippen MR) is 108 cm³/mol. The molecule has 0 unspecified atom stereocenters. The smallest absolute Gasteiger partial charge is 0.210 e. The number of benzene rings is 2. The van der Waals surface area contributed by atoms with Gasteiger partial charge in [-0.15, -0.1) is 0 Å². The van der Waals surface area contributed by atoms with E-state index in [2.05, 4.69) is 31.5 Å². The van der Waals surface area contributed by atoms with E-state index in [1.807, 2.05) is 48.8 Å². The van der Waals surface area contributed by atoms with Gasteiger partial charge in [-0.1, -0.05) is 41.4 Å². The molecule has 0 bridgehead atoms. The molecular weight excluding hydrogens is 367 g/mol. The molecule has 1 saturated heterocycles. The lowest BCUT2D eigenvalue weighted by atomic mass is 10.2. The van der Waals surface area contributed by atoms with Crippen LogP contribution >= 0.6 is 23.2 Å². The molecule has 0 aliphatic carbocycles. The van der Waals surface area contributed by atoms with Crippen molar-refractivity contribution in [3.63, 3.8) is 0 Å². The Morgan fingerprint density at radius 1 is 0.885 bits per heavy atom. The van der Waals surface area contributed by atoms with E-state index in [1.165, 1.54) is 5.56 Å². The molecule has 0 spiro atoms. The van der Waals surface area contributed by atoms with Crippen LogP contribution in [0.1, 0.15) is 5.56 Å². The molecule has 0 saturated carbocycles. The first-order chi connectivity index (χ1) is 12.7. The van der Waals surface area contributed by atoms with Crippen molar-refractivity contribution in [3.8, 4) is 5.69 Å². The van der Waals surface area contributed by atoms with Gasteiger partial charge >= 0.3 is 0 Å². The van der Waals surface area contributed by atoms with Crippen LogP contribution in [0, 0.1) is 0 Å². The van der Waals surface area contributed by atoms with E-state index in [1.54, 1.807) is 0 Å². The average molecular weight is 387 g/mol. The van der Waals surface area contributed by atoms with Crippen LogP contribution in [0.3, 0.4) is 0 Å². The quantitative estimate of drug-likeness (QED) is 0.659. The Balaban J connectivity index is 1.42. The lowest BCUT2D eigenvalue weighted by Crippen LogP contribution is -2.46. The highest BCUT2D eigenvalue weighted by atomic mass is 35.5. The third kappa shape index (κ3) is 3.88. The van der Waals surface area contributed by atoms with E-state index in [0.29, 0.717) is 0 Å². The maximum absolute atomic E-state index is 6.14. The normalized spacial score (nSPS) is 15.4. The highest BCUT2D eigenvalue weighted by Gasteiger charge is 2.21. The fourth-order valence-electron chi connectivity index (χ4n) is 3.31. The van der Waals surface area contributed by atoms with Crippen molar-refractivity contribution >= 4 is 29.2 Å². The Morgan fingerprint density at radius 2 is 1.65 bits per heavy atom. The minimum atomic E-state index is 0.731. The Kier molecular flexibility index (Phi) is 5.16. The van der Waals surface area contributed by atoms with Crippen molar-refractivity contribution in [1.82, 2.24) is 14.5 Å². The average Bonchev–Trinajstić information content (AvgIpc) is 3.14.